The van der Waals surface area contributed by atoms with Crippen molar-refractivity contribution in [1.82, 2.24) is 0 Å². The third-order valence-electron chi connectivity index (χ3n) is 11.6. The van der Waals surface area contributed by atoms with E-state index < -0.39 is 34.9 Å². The van der Waals surface area contributed by atoms with E-state index in [9.17, 15) is 4.79 Å². The van der Waals surface area contributed by atoms with E-state index in [4.69, 9.17) is 32.5 Å². The lowest BCUT2D eigenvalue weighted by atomic mass is 9.91. The molecule has 0 spiro atoms. The second kappa shape index (κ2) is 18.9. The third kappa shape index (κ3) is 10.4. The van der Waals surface area contributed by atoms with Gasteiger partial charge in [-0.05, 0) is 70.5 Å². The van der Waals surface area contributed by atoms with Crippen LogP contribution >= 0.6 is 0 Å². The lowest BCUT2D eigenvalue weighted by Gasteiger charge is -2.50. The fraction of sp³-hybridized carbons (Fsp3) is 0.500. The van der Waals surface area contributed by atoms with Crippen molar-refractivity contribution in [3.63, 3.8) is 0 Å². The monoisotopic (exact) mass is 800 g/mol. The average Bonchev–Trinajstić information content (AvgIpc) is 3.38. The largest absolute Gasteiger partial charge is 0.497 e. The van der Waals surface area contributed by atoms with E-state index in [1.807, 2.05) is 30.3 Å². The van der Waals surface area contributed by atoms with Gasteiger partial charge in [-0.15, -0.1) is 0 Å². The second-order valence-electron chi connectivity index (χ2n) is 17.5. The fourth-order valence-electron chi connectivity index (χ4n) is 7.53. The Morgan fingerprint density at radius 3 is 2.00 bits per heavy atom. The van der Waals surface area contributed by atoms with Gasteiger partial charge in [0.2, 0.25) is 0 Å². The highest BCUT2D eigenvalue weighted by molar-refractivity contribution is 6.99. The van der Waals surface area contributed by atoms with Gasteiger partial charge >= 0.3 is 5.97 Å². The lowest BCUT2D eigenvalue weighted by Crippen LogP contribution is -2.67. The Balaban J connectivity index is 1.50. The van der Waals surface area contributed by atoms with E-state index in [-0.39, 0.29) is 34.4 Å². The lowest BCUT2D eigenvalue weighted by molar-refractivity contribution is -0.250. The number of allylic oxidation sites excluding steroid dienone is 1. The third-order valence-corrected chi connectivity index (χ3v) is 21.1. The molecule has 0 bridgehead atoms. The van der Waals surface area contributed by atoms with Crippen molar-refractivity contribution in [2.45, 2.75) is 127 Å². The summed E-state index contributed by atoms with van der Waals surface area (Å²) >= 11 is 0. The van der Waals surface area contributed by atoms with Crippen LogP contribution in [0.1, 0.15) is 66.4 Å². The molecule has 1 saturated heterocycles. The van der Waals surface area contributed by atoms with E-state index in [0.717, 1.165) is 11.3 Å². The van der Waals surface area contributed by atoms with Crippen LogP contribution in [-0.4, -0.2) is 80.1 Å². The molecular weight excluding hydrogens is 737 g/mol. The number of esters is 1. The van der Waals surface area contributed by atoms with Gasteiger partial charge in [-0.1, -0.05) is 133 Å². The van der Waals surface area contributed by atoms with Crippen LogP contribution in [0, 0.1) is 0 Å². The summed E-state index contributed by atoms with van der Waals surface area (Å²) in [6, 6.07) is 29.4. The molecule has 0 aliphatic carbocycles. The van der Waals surface area contributed by atoms with Crippen molar-refractivity contribution in [3.8, 4) is 5.75 Å². The quantitative estimate of drug-likeness (QED) is 0.0656. The van der Waals surface area contributed by atoms with Gasteiger partial charge in [0.25, 0.3) is 8.32 Å². The molecule has 8 nitrogen and oxygen atoms in total. The highest BCUT2D eigenvalue weighted by Gasteiger charge is 2.54. The standard InChI is InChI=1S/C46H64O8Si2/c1-45(2,3)55(9,10)54-44-42(50-32-34-28-30-35(48-7)31-29-34)39(25-17-18-27-41(47)49-8)53-40-26-19-20-36(52-43(40)44)33-51-56(46(4,5)6,37-21-13-11-14-22-37)38-23-15-12-16-24-38/h11-16,18-24,27-31,36,39-40,42-44H,17,25-26,32-33H2,1-10H3/b27-18+/t36-,39-,40+,42-,43+,44+/m1/s1. The van der Waals surface area contributed by atoms with Crippen molar-refractivity contribution in [1.29, 1.82) is 0 Å². The normalized spacial score (nSPS) is 23.4. The molecule has 5 rings (SSSR count). The SMILES string of the molecule is COC(=O)/C=C/CC[C@H]1O[C@H]2CC=C[C@H](CO[Si](c3ccccc3)(c3ccccc3)C(C)(C)C)O[C@@H]2[C@@H](O[Si](C)(C)C(C)(C)C)[C@@H]1OCc1ccc(OC)cc1. The minimum absolute atomic E-state index is 0.0607. The Labute approximate surface area is 337 Å². The van der Waals surface area contributed by atoms with Gasteiger partial charge in [0.1, 0.15) is 24.1 Å². The average molecular weight is 801 g/mol. The van der Waals surface area contributed by atoms with Gasteiger partial charge in [0, 0.05) is 6.08 Å². The summed E-state index contributed by atoms with van der Waals surface area (Å²) in [5.74, 6) is 0.410. The Morgan fingerprint density at radius 1 is 0.821 bits per heavy atom. The van der Waals surface area contributed by atoms with Gasteiger partial charge in [0.05, 0.1) is 45.7 Å². The molecule has 0 N–H and O–H groups in total. The maximum Gasteiger partial charge on any atom is 0.330 e. The number of rotatable bonds is 15. The van der Waals surface area contributed by atoms with E-state index in [0.29, 0.717) is 32.5 Å². The predicted molar refractivity (Wildman–Crippen MR) is 229 cm³/mol. The van der Waals surface area contributed by atoms with Crippen LogP contribution in [0.3, 0.4) is 0 Å². The number of benzene rings is 3. The molecule has 304 valence electrons. The van der Waals surface area contributed by atoms with Gasteiger partial charge in [-0.2, -0.15) is 0 Å². The maximum absolute atomic E-state index is 11.9. The van der Waals surface area contributed by atoms with Crippen LogP contribution in [0.2, 0.25) is 23.2 Å². The van der Waals surface area contributed by atoms with E-state index in [2.05, 4.69) is 127 Å². The highest BCUT2D eigenvalue weighted by atomic mass is 28.4. The summed E-state index contributed by atoms with van der Waals surface area (Å²) in [6.45, 7) is 19.0. The molecule has 0 radical (unpaired) electrons. The van der Waals surface area contributed by atoms with E-state index >= 15 is 0 Å². The van der Waals surface area contributed by atoms with Gasteiger partial charge in [-0.3, -0.25) is 0 Å². The molecule has 0 unspecified atom stereocenters. The number of hydrogen-bond acceptors (Lipinski definition) is 8. The Kier molecular flexibility index (Phi) is 14.8. The van der Waals surface area contributed by atoms with E-state index in [1.54, 1.807) is 7.11 Å². The number of methoxy groups -OCH3 is 2. The number of hydrogen-bond donors (Lipinski definition) is 0. The summed E-state index contributed by atoms with van der Waals surface area (Å²) in [5.41, 5.74) is 1.02. The first-order valence-electron chi connectivity index (χ1n) is 20.0. The molecule has 3 aromatic carbocycles. The summed E-state index contributed by atoms with van der Waals surface area (Å²) in [4.78, 5) is 11.9. The summed E-state index contributed by atoms with van der Waals surface area (Å²) in [7, 11) is -2.15. The molecule has 2 aliphatic heterocycles. The molecule has 1 fully saturated rings. The Hall–Kier alpha value is -3.36. The summed E-state index contributed by atoms with van der Waals surface area (Å²) in [6.07, 6.45) is 7.32. The molecule has 0 amide bonds. The van der Waals surface area contributed by atoms with Gasteiger partial charge < -0.3 is 32.5 Å². The summed E-state index contributed by atoms with van der Waals surface area (Å²) in [5, 5.41) is 2.22. The topological polar surface area (TPSA) is 81.7 Å². The minimum Gasteiger partial charge on any atom is -0.497 e. The molecule has 2 heterocycles. The molecule has 0 aromatic heterocycles. The van der Waals surface area contributed by atoms with Crippen LogP contribution in [0.4, 0.5) is 0 Å². The Bertz CT molecular complexity index is 1690. The van der Waals surface area contributed by atoms with Crippen molar-refractivity contribution in [2.75, 3.05) is 20.8 Å². The van der Waals surface area contributed by atoms with Gasteiger partial charge in [-0.25, -0.2) is 4.79 Å². The van der Waals surface area contributed by atoms with Crippen LogP contribution in [-0.2, 0) is 39.2 Å². The zero-order chi connectivity index (χ0) is 40.6. The first kappa shape index (κ1) is 43.8. The number of ether oxygens (including phenoxy) is 5. The highest BCUT2D eigenvalue weighted by Crippen LogP contribution is 2.43. The zero-order valence-electron chi connectivity index (χ0n) is 35.2. The first-order valence-corrected chi connectivity index (χ1v) is 24.8. The van der Waals surface area contributed by atoms with Crippen molar-refractivity contribution >= 4 is 33.0 Å². The Morgan fingerprint density at radius 2 is 1.45 bits per heavy atom. The fourth-order valence-corrected chi connectivity index (χ4v) is 13.4. The van der Waals surface area contributed by atoms with E-state index in [1.165, 1.54) is 23.6 Å². The molecule has 3 aromatic rings. The summed E-state index contributed by atoms with van der Waals surface area (Å²) < 4.78 is 46.2. The minimum atomic E-state index is -2.83. The predicted octanol–water partition coefficient (Wildman–Crippen LogP) is 8.54. The van der Waals surface area contributed by atoms with Crippen LogP contribution < -0.4 is 15.1 Å². The van der Waals surface area contributed by atoms with Crippen molar-refractivity contribution in [2.24, 2.45) is 0 Å². The molecule has 6 atom stereocenters. The van der Waals surface area contributed by atoms with Crippen LogP contribution in [0.5, 0.6) is 5.75 Å². The molecule has 56 heavy (non-hydrogen) atoms. The molecular formula is C46H64O8Si2. The number of carbonyl (C=O) groups is 1. The first-order chi connectivity index (χ1) is 26.6. The molecule has 2 aliphatic rings. The van der Waals surface area contributed by atoms with Gasteiger partial charge in [0.15, 0.2) is 8.32 Å². The number of fused-ring (bicyclic) bond motifs is 1. The smallest absolute Gasteiger partial charge is 0.330 e. The molecule has 0 saturated carbocycles. The van der Waals surface area contributed by atoms with Crippen molar-refractivity contribution in [3.05, 3.63) is 115 Å². The molecule has 10 heteroatoms. The zero-order valence-corrected chi connectivity index (χ0v) is 37.2. The number of carbonyl (C=O) groups excluding carboxylic acids is 1. The van der Waals surface area contributed by atoms with Crippen LogP contribution in [0.25, 0.3) is 0 Å². The van der Waals surface area contributed by atoms with Crippen LogP contribution in [0.15, 0.2) is 109 Å². The maximum atomic E-state index is 11.9. The second-order valence-corrected chi connectivity index (χ2v) is 26.5. The van der Waals surface area contributed by atoms with Crippen molar-refractivity contribution < 1.29 is 37.3 Å².